The van der Waals surface area contributed by atoms with Crippen molar-refractivity contribution in [2.24, 2.45) is 0 Å². The number of nitrogens with zero attached hydrogens (tertiary/aromatic N) is 3. The van der Waals surface area contributed by atoms with E-state index in [1.807, 2.05) is 0 Å². The molecule has 0 aromatic carbocycles. The summed E-state index contributed by atoms with van der Waals surface area (Å²) in [5.41, 5.74) is 0.556. The number of hydrogen-bond donors (Lipinski definition) is 1. The Hall–Kier alpha value is -2.22. The lowest BCUT2D eigenvalue weighted by molar-refractivity contribution is -0.137. The van der Waals surface area contributed by atoms with Crippen LogP contribution in [-0.2, 0) is 17.8 Å². The first kappa shape index (κ1) is 15.7. The summed E-state index contributed by atoms with van der Waals surface area (Å²) in [6.07, 6.45) is 1.59. The van der Waals surface area contributed by atoms with Gasteiger partial charge in [0.25, 0.3) is 11.5 Å². The fourth-order valence-electron chi connectivity index (χ4n) is 2.82. The van der Waals surface area contributed by atoms with E-state index < -0.39 is 5.97 Å². The fraction of sp³-hybridized carbons (Fsp3) is 0.467. The first-order chi connectivity index (χ1) is 10.9. The Labute approximate surface area is 136 Å². The maximum Gasteiger partial charge on any atom is 0.305 e. The first-order valence-electron chi connectivity index (χ1n) is 7.40. The summed E-state index contributed by atoms with van der Waals surface area (Å²) in [4.78, 5) is 42.7. The Balaban J connectivity index is 2.01. The Morgan fingerprint density at radius 3 is 2.87 bits per heavy atom. The topological polar surface area (TPSA) is 92.5 Å². The number of aliphatic carboxylic acids is 1. The van der Waals surface area contributed by atoms with Gasteiger partial charge in [0.05, 0.1) is 16.7 Å². The summed E-state index contributed by atoms with van der Waals surface area (Å²) in [5.74, 6) is -0.438. The number of rotatable bonds is 4. The van der Waals surface area contributed by atoms with Crippen molar-refractivity contribution >= 4 is 33.4 Å². The van der Waals surface area contributed by atoms with Crippen molar-refractivity contribution in [3.8, 4) is 0 Å². The molecular weight excluding hydrogens is 318 g/mol. The highest BCUT2D eigenvalue weighted by molar-refractivity contribution is 7.20. The average molecular weight is 335 g/mol. The van der Waals surface area contributed by atoms with E-state index in [0.717, 1.165) is 18.7 Å². The molecule has 0 aliphatic carbocycles. The van der Waals surface area contributed by atoms with Gasteiger partial charge in [-0.3, -0.25) is 19.0 Å². The van der Waals surface area contributed by atoms with Gasteiger partial charge in [-0.15, -0.1) is 11.3 Å². The Kier molecular flexibility index (Phi) is 3.93. The summed E-state index contributed by atoms with van der Waals surface area (Å²) in [7, 11) is 1.56. The number of aryl methyl sites for hydroxylation is 2. The van der Waals surface area contributed by atoms with E-state index in [4.69, 9.17) is 5.11 Å². The average Bonchev–Trinajstić information content (AvgIpc) is 3.09. The number of carboxylic acids is 1. The molecule has 7 nitrogen and oxygen atoms in total. The summed E-state index contributed by atoms with van der Waals surface area (Å²) in [6.45, 7) is 2.56. The third-order valence-electron chi connectivity index (χ3n) is 4.11. The summed E-state index contributed by atoms with van der Waals surface area (Å²) < 4.78 is 1.68. The number of amides is 1. The SMILES string of the molecule is Cc1c(C(=O)N(C)CCC(=O)O)sc2nc3n(c(=O)c12)CCC3. The highest BCUT2D eigenvalue weighted by Crippen LogP contribution is 2.29. The minimum atomic E-state index is -0.950. The van der Waals surface area contributed by atoms with Crippen LogP contribution in [0.3, 0.4) is 0 Å². The minimum absolute atomic E-state index is 0.0801. The highest BCUT2D eigenvalue weighted by Gasteiger charge is 2.24. The third-order valence-corrected chi connectivity index (χ3v) is 5.29. The van der Waals surface area contributed by atoms with Crippen LogP contribution in [0.15, 0.2) is 4.79 Å². The van der Waals surface area contributed by atoms with Gasteiger partial charge in [-0.25, -0.2) is 4.98 Å². The van der Waals surface area contributed by atoms with E-state index >= 15 is 0 Å². The third kappa shape index (κ3) is 2.63. The van der Waals surface area contributed by atoms with Gasteiger partial charge in [0.1, 0.15) is 10.7 Å². The van der Waals surface area contributed by atoms with E-state index in [9.17, 15) is 14.4 Å². The monoisotopic (exact) mass is 335 g/mol. The van der Waals surface area contributed by atoms with Crippen molar-refractivity contribution in [1.82, 2.24) is 14.5 Å². The van der Waals surface area contributed by atoms with Crippen LogP contribution in [0.4, 0.5) is 0 Å². The molecule has 1 amide bonds. The van der Waals surface area contributed by atoms with Crippen LogP contribution in [0, 0.1) is 6.92 Å². The molecule has 0 saturated heterocycles. The molecule has 0 unspecified atom stereocenters. The Morgan fingerprint density at radius 2 is 2.17 bits per heavy atom. The molecule has 8 heteroatoms. The van der Waals surface area contributed by atoms with Crippen LogP contribution in [0.25, 0.3) is 10.2 Å². The highest BCUT2D eigenvalue weighted by atomic mass is 32.1. The summed E-state index contributed by atoms with van der Waals surface area (Å²) >= 11 is 1.21. The van der Waals surface area contributed by atoms with Gasteiger partial charge in [0.2, 0.25) is 0 Å². The largest absolute Gasteiger partial charge is 0.481 e. The molecule has 0 fully saturated rings. The first-order valence-corrected chi connectivity index (χ1v) is 8.22. The van der Waals surface area contributed by atoms with E-state index in [-0.39, 0.29) is 24.4 Å². The lowest BCUT2D eigenvalue weighted by Gasteiger charge is -2.15. The summed E-state index contributed by atoms with van der Waals surface area (Å²) in [5, 5.41) is 9.24. The minimum Gasteiger partial charge on any atom is -0.481 e. The molecule has 1 aliphatic rings. The van der Waals surface area contributed by atoms with Crippen LogP contribution in [0.2, 0.25) is 0 Å². The van der Waals surface area contributed by atoms with E-state index in [0.29, 0.717) is 27.2 Å². The van der Waals surface area contributed by atoms with Crippen molar-refractivity contribution in [2.45, 2.75) is 32.7 Å². The van der Waals surface area contributed by atoms with Crippen molar-refractivity contribution < 1.29 is 14.7 Å². The Morgan fingerprint density at radius 1 is 1.43 bits per heavy atom. The molecule has 122 valence electrons. The molecule has 2 aromatic rings. The molecule has 3 rings (SSSR count). The van der Waals surface area contributed by atoms with Crippen molar-refractivity contribution in [1.29, 1.82) is 0 Å². The molecule has 1 N–H and O–H groups in total. The number of carboxylic acid groups (broad SMARTS) is 1. The molecule has 3 heterocycles. The van der Waals surface area contributed by atoms with E-state index in [1.54, 1.807) is 18.5 Å². The van der Waals surface area contributed by atoms with Gasteiger partial charge in [-0.1, -0.05) is 0 Å². The normalized spacial score (nSPS) is 13.3. The predicted octanol–water partition coefficient (Wildman–Crippen LogP) is 1.26. The van der Waals surface area contributed by atoms with E-state index in [2.05, 4.69) is 4.98 Å². The van der Waals surface area contributed by atoms with Crippen molar-refractivity contribution in [2.75, 3.05) is 13.6 Å². The standard InChI is InChI=1S/C15H17N3O4S/c1-8-11-13(16-9-4-3-6-18(9)14(11)21)23-12(8)15(22)17(2)7-5-10(19)20/h3-7H2,1-2H3,(H,19,20). The van der Waals surface area contributed by atoms with Crippen LogP contribution in [0.1, 0.15) is 33.9 Å². The zero-order chi connectivity index (χ0) is 16.7. The zero-order valence-corrected chi connectivity index (χ0v) is 13.8. The molecular formula is C15H17N3O4S. The van der Waals surface area contributed by atoms with Crippen LogP contribution < -0.4 is 5.56 Å². The number of aromatic nitrogens is 2. The van der Waals surface area contributed by atoms with Gasteiger partial charge < -0.3 is 10.0 Å². The molecule has 0 atom stereocenters. The van der Waals surface area contributed by atoms with Crippen LogP contribution in [0.5, 0.6) is 0 Å². The molecule has 23 heavy (non-hydrogen) atoms. The van der Waals surface area contributed by atoms with Gasteiger partial charge in [-0.2, -0.15) is 0 Å². The molecule has 0 saturated carbocycles. The maximum atomic E-state index is 12.6. The number of carbonyl (C=O) groups is 2. The van der Waals surface area contributed by atoms with Crippen LogP contribution >= 0.6 is 11.3 Å². The molecule has 0 bridgehead atoms. The van der Waals surface area contributed by atoms with Gasteiger partial charge >= 0.3 is 5.97 Å². The number of thiophene rings is 1. The predicted molar refractivity (Wildman–Crippen MR) is 86.2 cm³/mol. The van der Waals surface area contributed by atoms with Gasteiger partial charge in [-0.05, 0) is 18.9 Å². The van der Waals surface area contributed by atoms with Crippen LogP contribution in [-0.4, -0.2) is 45.0 Å². The van der Waals surface area contributed by atoms with Gasteiger partial charge in [0.15, 0.2) is 0 Å². The molecule has 0 spiro atoms. The van der Waals surface area contributed by atoms with E-state index in [1.165, 1.54) is 16.2 Å². The smallest absolute Gasteiger partial charge is 0.305 e. The lowest BCUT2D eigenvalue weighted by atomic mass is 10.2. The van der Waals surface area contributed by atoms with Crippen molar-refractivity contribution in [3.63, 3.8) is 0 Å². The lowest BCUT2D eigenvalue weighted by Crippen LogP contribution is -2.29. The van der Waals surface area contributed by atoms with Gasteiger partial charge in [0, 0.05) is 26.6 Å². The molecule has 0 radical (unpaired) electrons. The maximum absolute atomic E-state index is 12.6. The number of fused-ring (bicyclic) bond motifs is 2. The quantitative estimate of drug-likeness (QED) is 0.908. The number of hydrogen-bond acceptors (Lipinski definition) is 5. The second-order valence-electron chi connectivity index (χ2n) is 5.70. The summed E-state index contributed by atoms with van der Waals surface area (Å²) in [6, 6.07) is 0. The van der Waals surface area contributed by atoms with Crippen molar-refractivity contribution in [3.05, 3.63) is 26.6 Å². The fourth-order valence-corrected chi connectivity index (χ4v) is 4.00. The zero-order valence-electron chi connectivity index (χ0n) is 13.0. The Bertz CT molecular complexity index is 868. The molecule has 2 aromatic heterocycles. The molecule has 1 aliphatic heterocycles. The second kappa shape index (κ2) is 5.77. The number of carbonyl (C=O) groups excluding carboxylic acids is 1. The second-order valence-corrected chi connectivity index (χ2v) is 6.69.